The van der Waals surface area contributed by atoms with Crippen LogP contribution >= 0.6 is 11.8 Å². The molecule has 0 atom stereocenters. The third-order valence-electron chi connectivity index (χ3n) is 4.33. The molecule has 29 heavy (non-hydrogen) atoms. The average Bonchev–Trinajstić information content (AvgIpc) is 3.04. The van der Waals surface area contributed by atoms with Crippen LogP contribution in [0.2, 0.25) is 0 Å². The Balaban J connectivity index is 1.60. The molecule has 1 amide bonds. The SMILES string of the molecule is Cc1ccc(NC(=O)CSc2ccccc2C(=O)OCc2c(C)noc2C)cc1. The molecule has 2 aromatic carbocycles. The third kappa shape index (κ3) is 5.48. The molecule has 3 rings (SSSR count). The number of anilines is 1. The van der Waals surface area contributed by atoms with Gasteiger partial charge in [-0.05, 0) is 45.0 Å². The summed E-state index contributed by atoms with van der Waals surface area (Å²) in [6, 6.07) is 14.7. The number of aromatic nitrogens is 1. The van der Waals surface area contributed by atoms with Gasteiger partial charge in [0.15, 0.2) is 0 Å². The zero-order chi connectivity index (χ0) is 20.8. The predicted octanol–water partition coefficient (Wildman–Crippen LogP) is 4.69. The molecule has 0 spiro atoms. The van der Waals surface area contributed by atoms with Crippen molar-refractivity contribution in [1.82, 2.24) is 5.16 Å². The lowest BCUT2D eigenvalue weighted by Crippen LogP contribution is -2.14. The molecule has 1 N–H and O–H groups in total. The summed E-state index contributed by atoms with van der Waals surface area (Å²) in [5, 5.41) is 6.71. The topological polar surface area (TPSA) is 81.4 Å². The molecule has 3 aromatic rings. The van der Waals surface area contributed by atoms with E-state index in [1.165, 1.54) is 11.8 Å². The number of hydrogen-bond acceptors (Lipinski definition) is 6. The molecule has 0 aliphatic rings. The summed E-state index contributed by atoms with van der Waals surface area (Å²) < 4.78 is 10.5. The first-order valence-corrected chi connectivity index (χ1v) is 10.1. The van der Waals surface area contributed by atoms with Gasteiger partial charge >= 0.3 is 5.97 Å². The van der Waals surface area contributed by atoms with Gasteiger partial charge in [0.05, 0.1) is 22.6 Å². The first kappa shape index (κ1) is 20.7. The number of thioether (sulfide) groups is 1. The van der Waals surface area contributed by atoms with Crippen LogP contribution in [0.3, 0.4) is 0 Å². The van der Waals surface area contributed by atoms with E-state index in [-0.39, 0.29) is 18.3 Å². The summed E-state index contributed by atoms with van der Waals surface area (Å²) in [5.41, 5.74) is 3.76. The maximum Gasteiger partial charge on any atom is 0.339 e. The Morgan fingerprint density at radius 1 is 1.07 bits per heavy atom. The monoisotopic (exact) mass is 410 g/mol. The summed E-state index contributed by atoms with van der Waals surface area (Å²) >= 11 is 1.29. The molecule has 1 heterocycles. The summed E-state index contributed by atoms with van der Waals surface area (Å²) in [6.45, 7) is 5.66. The average molecular weight is 410 g/mol. The number of ether oxygens (including phenoxy) is 1. The highest BCUT2D eigenvalue weighted by atomic mass is 32.2. The molecule has 0 saturated carbocycles. The van der Waals surface area contributed by atoms with Crippen LogP contribution in [-0.4, -0.2) is 22.8 Å². The van der Waals surface area contributed by atoms with Crippen molar-refractivity contribution in [1.29, 1.82) is 0 Å². The lowest BCUT2D eigenvalue weighted by molar-refractivity contribution is -0.113. The van der Waals surface area contributed by atoms with Crippen LogP contribution in [0.25, 0.3) is 0 Å². The van der Waals surface area contributed by atoms with Gasteiger partial charge < -0.3 is 14.6 Å². The van der Waals surface area contributed by atoms with Gasteiger partial charge in [-0.2, -0.15) is 0 Å². The smallest absolute Gasteiger partial charge is 0.339 e. The van der Waals surface area contributed by atoms with Gasteiger partial charge in [-0.3, -0.25) is 4.79 Å². The van der Waals surface area contributed by atoms with Crippen LogP contribution in [0.1, 0.15) is 32.9 Å². The van der Waals surface area contributed by atoms with Gasteiger partial charge in [0.2, 0.25) is 5.91 Å². The number of nitrogens with one attached hydrogen (secondary N) is 1. The number of rotatable bonds is 7. The molecular weight excluding hydrogens is 388 g/mol. The van der Waals surface area contributed by atoms with E-state index in [0.29, 0.717) is 21.9 Å². The van der Waals surface area contributed by atoms with Gasteiger partial charge in [-0.25, -0.2) is 4.79 Å². The zero-order valence-corrected chi connectivity index (χ0v) is 17.3. The van der Waals surface area contributed by atoms with Crippen LogP contribution in [0.4, 0.5) is 5.69 Å². The van der Waals surface area contributed by atoms with Crippen molar-refractivity contribution < 1.29 is 18.8 Å². The Kier molecular flexibility index (Phi) is 6.72. The molecule has 0 fully saturated rings. The van der Waals surface area contributed by atoms with Crippen LogP contribution in [0, 0.1) is 20.8 Å². The van der Waals surface area contributed by atoms with E-state index in [2.05, 4.69) is 10.5 Å². The summed E-state index contributed by atoms with van der Waals surface area (Å²) in [4.78, 5) is 25.5. The van der Waals surface area contributed by atoms with Crippen LogP contribution in [0.5, 0.6) is 0 Å². The van der Waals surface area contributed by atoms with E-state index in [9.17, 15) is 9.59 Å². The van der Waals surface area contributed by atoms with Gasteiger partial charge in [-0.1, -0.05) is 35.0 Å². The Hall–Kier alpha value is -3.06. The van der Waals surface area contributed by atoms with Gasteiger partial charge in [-0.15, -0.1) is 11.8 Å². The highest BCUT2D eigenvalue weighted by Crippen LogP contribution is 2.24. The van der Waals surface area contributed by atoms with Crippen molar-refractivity contribution >= 4 is 29.3 Å². The van der Waals surface area contributed by atoms with Crippen molar-refractivity contribution in [3.63, 3.8) is 0 Å². The minimum absolute atomic E-state index is 0.0902. The van der Waals surface area contributed by atoms with Crippen LogP contribution in [-0.2, 0) is 16.1 Å². The fraction of sp³-hybridized carbons (Fsp3) is 0.227. The minimum Gasteiger partial charge on any atom is -0.457 e. The maximum absolute atomic E-state index is 12.6. The van der Waals surface area contributed by atoms with Crippen molar-refractivity contribution in [2.75, 3.05) is 11.1 Å². The molecule has 0 saturated heterocycles. The third-order valence-corrected chi connectivity index (χ3v) is 5.40. The summed E-state index contributed by atoms with van der Waals surface area (Å²) in [6.07, 6.45) is 0. The van der Waals surface area contributed by atoms with Crippen molar-refractivity contribution in [2.24, 2.45) is 0 Å². The lowest BCUT2D eigenvalue weighted by Gasteiger charge is -2.10. The zero-order valence-electron chi connectivity index (χ0n) is 16.5. The Bertz CT molecular complexity index is 992. The molecule has 150 valence electrons. The number of carbonyl (C=O) groups excluding carboxylic acids is 2. The first-order chi connectivity index (χ1) is 13.9. The van der Waals surface area contributed by atoms with Gasteiger partial charge in [0.25, 0.3) is 0 Å². The standard InChI is InChI=1S/C22H22N2O4S/c1-14-8-10-17(11-9-14)23-21(25)13-29-20-7-5-4-6-18(20)22(26)27-12-19-15(2)24-28-16(19)3/h4-11H,12-13H2,1-3H3,(H,23,25). The van der Waals surface area contributed by atoms with Crippen molar-refractivity contribution in [3.05, 3.63) is 76.7 Å². The van der Waals surface area contributed by atoms with E-state index in [1.807, 2.05) is 37.3 Å². The van der Waals surface area contributed by atoms with Crippen molar-refractivity contribution in [3.8, 4) is 0 Å². The van der Waals surface area contributed by atoms with E-state index < -0.39 is 5.97 Å². The normalized spacial score (nSPS) is 10.6. The quantitative estimate of drug-likeness (QED) is 0.450. The molecule has 0 bridgehead atoms. The van der Waals surface area contributed by atoms with Gasteiger partial charge in [0, 0.05) is 10.6 Å². The number of benzene rings is 2. The number of nitrogens with zero attached hydrogens (tertiary/aromatic N) is 1. The van der Waals surface area contributed by atoms with E-state index in [1.54, 1.807) is 32.0 Å². The fourth-order valence-electron chi connectivity index (χ4n) is 2.66. The number of esters is 1. The highest BCUT2D eigenvalue weighted by molar-refractivity contribution is 8.00. The molecule has 7 heteroatoms. The van der Waals surface area contributed by atoms with E-state index >= 15 is 0 Å². The second-order valence-corrected chi connectivity index (χ2v) is 7.60. The number of carbonyl (C=O) groups is 2. The number of aryl methyl sites for hydroxylation is 3. The molecule has 0 unspecified atom stereocenters. The molecule has 0 aliphatic carbocycles. The molecule has 0 radical (unpaired) electrons. The molecule has 1 aromatic heterocycles. The van der Waals surface area contributed by atoms with E-state index in [4.69, 9.17) is 9.26 Å². The number of hydrogen-bond donors (Lipinski definition) is 1. The Morgan fingerprint density at radius 2 is 1.79 bits per heavy atom. The molecule has 6 nitrogen and oxygen atoms in total. The fourth-order valence-corrected chi connectivity index (χ4v) is 3.50. The molecular formula is C22H22N2O4S. The Labute approximate surface area is 173 Å². The van der Waals surface area contributed by atoms with E-state index in [0.717, 1.165) is 16.8 Å². The first-order valence-electron chi connectivity index (χ1n) is 9.11. The predicted molar refractivity (Wildman–Crippen MR) is 112 cm³/mol. The number of amides is 1. The Morgan fingerprint density at radius 3 is 2.48 bits per heavy atom. The largest absolute Gasteiger partial charge is 0.457 e. The summed E-state index contributed by atoms with van der Waals surface area (Å²) in [7, 11) is 0. The second kappa shape index (κ2) is 9.43. The van der Waals surface area contributed by atoms with Crippen molar-refractivity contribution in [2.45, 2.75) is 32.3 Å². The van der Waals surface area contributed by atoms with Crippen LogP contribution < -0.4 is 5.32 Å². The minimum atomic E-state index is -0.452. The van der Waals surface area contributed by atoms with Crippen LogP contribution in [0.15, 0.2) is 57.9 Å². The lowest BCUT2D eigenvalue weighted by atomic mass is 10.2. The van der Waals surface area contributed by atoms with Gasteiger partial charge in [0.1, 0.15) is 12.4 Å². The molecule has 0 aliphatic heterocycles. The second-order valence-electron chi connectivity index (χ2n) is 6.58. The summed E-state index contributed by atoms with van der Waals surface area (Å²) in [5.74, 6) is 0.220. The highest BCUT2D eigenvalue weighted by Gasteiger charge is 2.17. The maximum atomic E-state index is 12.6.